The number of halogens is 1. The molecule has 0 amide bonds. The van der Waals surface area contributed by atoms with Crippen molar-refractivity contribution in [3.8, 4) is 0 Å². The molecule has 0 bridgehead atoms. The van der Waals surface area contributed by atoms with Gasteiger partial charge in [0.25, 0.3) is 0 Å². The standard InChI is InChI=1S/C13H16BrN/c1-3-6-12-9(4-2)10-7-5-8-11(14)13(10)15-12/h5,7-8,15H,3-4,6H2,1-2H3. The maximum absolute atomic E-state index is 3.59. The molecule has 0 aliphatic heterocycles. The van der Waals surface area contributed by atoms with E-state index in [0.717, 1.165) is 17.3 Å². The van der Waals surface area contributed by atoms with E-state index in [2.05, 4.69) is 53.0 Å². The molecule has 1 aromatic carbocycles. The fourth-order valence-electron chi connectivity index (χ4n) is 2.16. The number of hydrogen-bond donors (Lipinski definition) is 1. The van der Waals surface area contributed by atoms with Gasteiger partial charge in [0, 0.05) is 15.6 Å². The smallest absolute Gasteiger partial charge is 0.0603 e. The number of para-hydroxylation sites is 1. The Kier molecular flexibility index (Phi) is 3.15. The van der Waals surface area contributed by atoms with Crippen LogP contribution in [0.4, 0.5) is 0 Å². The van der Waals surface area contributed by atoms with Crippen molar-refractivity contribution < 1.29 is 0 Å². The molecule has 80 valence electrons. The van der Waals surface area contributed by atoms with Crippen LogP contribution in [0.2, 0.25) is 0 Å². The number of nitrogens with one attached hydrogen (secondary N) is 1. The van der Waals surface area contributed by atoms with E-state index < -0.39 is 0 Å². The van der Waals surface area contributed by atoms with Crippen LogP contribution >= 0.6 is 15.9 Å². The van der Waals surface area contributed by atoms with E-state index >= 15 is 0 Å². The SMILES string of the molecule is CCCc1[nH]c2c(Br)cccc2c1CC. The fourth-order valence-corrected chi connectivity index (χ4v) is 2.62. The lowest BCUT2D eigenvalue weighted by Crippen LogP contribution is -1.88. The summed E-state index contributed by atoms with van der Waals surface area (Å²) in [4.78, 5) is 3.54. The lowest BCUT2D eigenvalue weighted by Gasteiger charge is -1.98. The van der Waals surface area contributed by atoms with Gasteiger partial charge in [-0.15, -0.1) is 0 Å². The zero-order valence-corrected chi connectivity index (χ0v) is 10.8. The Bertz CT molecular complexity index is 471. The Morgan fingerprint density at radius 2 is 2.07 bits per heavy atom. The molecule has 15 heavy (non-hydrogen) atoms. The van der Waals surface area contributed by atoms with Crippen molar-refractivity contribution in [2.24, 2.45) is 0 Å². The largest absolute Gasteiger partial charge is 0.357 e. The van der Waals surface area contributed by atoms with Gasteiger partial charge >= 0.3 is 0 Å². The Morgan fingerprint density at radius 1 is 1.27 bits per heavy atom. The molecule has 0 aliphatic carbocycles. The molecule has 2 heteroatoms. The molecule has 1 N–H and O–H groups in total. The van der Waals surface area contributed by atoms with Crippen LogP contribution in [-0.4, -0.2) is 4.98 Å². The first-order chi connectivity index (χ1) is 7.27. The highest BCUT2D eigenvalue weighted by Gasteiger charge is 2.10. The highest BCUT2D eigenvalue weighted by atomic mass is 79.9. The normalized spacial score (nSPS) is 11.1. The van der Waals surface area contributed by atoms with Crippen LogP contribution in [0.3, 0.4) is 0 Å². The minimum Gasteiger partial charge on any atom is -0.357 e. The second-order valence-electron chi connectivity index (χ2n) is 3.85. The Labute approximate surface area is 99.0 Å². The molecule has 0 atom stereocenters. The zero-order valence-electron chi connectivity index (χ0n) is 9.23. The van der Waals surface area contributed by atoms with Crippen LogP contribution in [0.25, 0.3) is 10.9 Å². The number of aryl methyl sites for hydroxylation is 2. The second-order valence-corrected chi connectivity index (χ2v) is 4.70. The van der Waals surface area contributed by atoms with Gasteiger partial charge in [0.15, 0.2) is 0 Å². The lowest BCUT2D eigenvalue weighted by atomic mass is 10.1. The summed E-state index contributed by atoms with van der Waals surface area (Å²) in [6.45, 7) is 4.45. The number of rotatable bonds is 3. The summed E-state index contributed by atoms with van der Waals surface area (Å²) in [5.74, 6) is 0. The molecular formula is C13H16BrN. The zero-order chi connectivity index (χ0) is 10.8. The predicted octanol–water partition coefficient (Wildman–Crippen LogP) is 4.45. The molecule has 1 heterocycles. The molecule has 0 fully saturated rings. The van der Waals surface area contributed by atoms with E-state index in [-0.39, 0.29) is 0 Å². The van der Waals surface area contributed by atoms with Crippen molar-refractivity contribution in [3.05, 3.63) is 33.9 Å². The van der Waals surface area contributed by atoms with E-state index in [0.29, 0.717) is 0 Å². The maximum atomic E-state index is 3.59. The molecular weight excluding hydrogens is 250 g/mol. The average Bonchev–Trinajstić information content (AvgIpc) is 2.58. The summed E-state index contributed by atoms with van der Waals surface area (Å²) in [7, 11) is 0. The summed E-state index contributed by atoms with van der Waals surface area (Å²) < 4.78 is 1.16. The first-order valence-electron chi connectivity index (χ1n) is 5.55. The third-order valence-electron chi connectivity index (χ3n) is 2.83. The van der Waals surface area contributed by atoms with Crippen LogP contribution in [0.5, 0.6) is 0 Å². The van der Waals surface area contributed by atoms with Crippen molar-refractivity contribution in [3.63, 3.8) is 0 Å². The van der Waals surface area contributed by atoms with Crippen molar-refractivity contribution in [1.82, 2.24) is 4.98 Å². The van der Waals surface area contributed by atoms with Gasteiger partial charge in [-0.05, 0) is 40.4 Å². The van der Waals surface area contributed by atoms with E-state index in [4.69, 9.17) is 0 Å². The van der Waals surface area contributed by atoms with Crippen molar-refractivity contribution >= 4 is 26.8 Å². The topological polar surface area (TPSA) is 15.8 Å². The van der Waals surface area contributed by atoms with E-state index in [9.17, 15) is 0 Å². The molecule has 0 unspecified atom stereocenters. The van der Waals surface area contributed by atoms with Crippen molar-refractivity contribution in [2.75, 3.05) is 0 Å². The van der Waals surface area contributed by atoms with Crippen LogP contribution in [0, 0.1) is 0 Å². The predicted molar refractivity (Wildman–Crippen MR) is 69.4 cm³/mol. The quantitative estimate of drug-likeness (QED) is 0.845. The van der Waals surface area contributed by atoms with Gasteiger partial charge in [0.05, 0.1) is 5.52 Å². The number of fused-ring (bicyclic) bond motifs is 1. The minimum absolute atomic E-state index is 1.10. The number of aromatic nitrogens is 1. The summed E-state index contributed by atoms with van der Waals surface area (Å²) in [5.41, 5.74) is 4.13. The van der Waals surface area contributed by atoms with Crippen LogP contribution < -0.4 is 0 Å². The van der Waals surface area contributed by atoms with E-state index in [1.165, 1.54) is 28.6 Å². The second kappa shape index (κ2) is 4.40. The Hall–Kier alpha value is -0.760. The maximum Gasteiger partial charge on any atom is 0.0603 e. The summed E-state index contributed by atoms with van der Waals surface area (Å²) in [5, 5.41) is 1.37. The van der Waals surface area contributed by atoms with E-state index in [1.54, 1.807) is 0 Å². The van der Waals surface area contributed by atoms with Crippen molar-refractivity contribution in [1.29, 1.82) is 0 Å². The average molecular weight is 266 g/mol. The van der Waals surface area contributed by atoms with Gasteiger partial charge < -0.3 is 4.98 Å². The number of hydrogen-bond acceptors (Lipinski definition) is 0. The molecule has 0 saturated carbocycles. The summed E-state index contributed by atoms with van der Waals surface area (Å²) >= 11 is 3.59. The fraction of sp³-hybridized carbons (Fsp3) is 0.385. The summed E-state index contributed by atoms with van der Waals surface area (Å²) in [6, 6.07) is 6.40. The molecule has 0 radical (unpaired) electrons. The molecule has 1 aromatic heterocycles. The van der Waals surface area contributed by atoms with Gasteiger partial charge in [0.1, 0.15) is 0 Å². The molecule has 1 nitrogen and oxygen atoms in total. The van der Waals surface area contributed by atoms with Gasteiger partial charge in [0.2, 0.25) is 0 Å². The number of benzene rings is 1. The highest BCUT2D eigenvalue weighted by Crippen LogP contribution is 2.29. The number of aromatic amines is 1. The lowest BCUT2D eigenvalue weighted by molar-refractivity contribution is 0.877. The third-order valence-corrected chi connectivity index (χ3v) is 3.49. The van der Waals surface area contributed by atoms with Crippen molar-refractivity contribution in [2.45, 2.75) is 33.1 Å². The minimum atomic E-state index is 1.10. The van der Waals surface area contributed by atoms with Gasteiger partial charge in [-0.2, -0.15) is 0 Å². The number of H-pyrrole nitrogens is 1. The Balaban J connectivity index is 2.67. The molecule has 2 rings (SSSR count). The monoisotopic (exact) mass is 265 g/mol. The highest BCUT2D eigenvalue weighted by molar-refractivity contribution is 9.10. The molecule has 0 spiro atoms. The third kappa shape index (κ3) is 1.83. The Morgan fingerprint density at radius 3 is 2.73 bits per heavy atom. The van der Waals surface area contributed by atoms with E-state index in [1.807, 2.05) is 0 Å². The molecule has 2 aromatic rings. The first kappa shape index (κ1) is 10.7. The van der Waals surface area contributed by atoms with Gasteiger partial charge in [-0.1, -0.05) is 32.4 Å². The van der Waals surface area contributed by atoms with Gasteiger partial charge in [-0.3, -0.25) is 0 Å². The van der Waals surface area contributed by atoms with Crippen LogP contribution in [0.1, 0.15) is 31.5 Å². The van der Waals surface area contributed by atoms with Crippen LogP contribution in [-0.2, 0) is 12.8 Å². The van der Waals surface area contributed by atoms with Gasteiger partial charge in [-0.25, -0.2) is 0 Å². The van der Waals surface area contributed by atoms with Crippen LogP contribution in [0.15, 0.2) is 22.7 Å². The molecule has 0 aliphatic rings. The summed E-state index contributed by atoms with van der Waals surface area (Å²) in [6.07, 6.45) is 3.44. The molecule has 0 saturated heterocycles. The first-order valence-corrected chi connectivity index (χ1v) is 6.35.